The van der Waals surface area contributed by atoms with Crippen LogP contribution in [-0.4, -0.2) is 18.0 Å². The average Bonchev–Trinajstić information content (AvgIpc) is 2.25. The molecule has 0 radical (unpaired) electrons. The van der Waals surface area contributed by atoms with Crippen molar-refractivity contribution in [2.24, 2.45) is 0 Å². The summed E-state index contributed by atoms with van der Waals surface area (Å²) in [4.78, 5) is 10.8. The van der Waals surface area contributed by atoms with Gasteiger partial charge in [-0.2, -0.15) is 13.2 Å². The van der Waals surface area contributed by atoms with Crippen molar-refractivity contribution in [3.8, 4) is 0 Å². The van der Waals surface area contributed by atoms with Crippen LogP contribution in [0.15, 0.2) is 30.3 Å². The van der Waals surface area contributed by atoms with Crippen molar-refractivity contribution in [2.75, 3.05) is 5.88 Å². The second-order valence-electron chi connectivity index (χ2n) is 2.96. The number of hydrogen-bond acceptors (Lipinski definition) is 2. The van der Waals surface area contributed by atoms with Gasteiger partial charge in [-0.3, -0.25) is 4.79 Å². The van der Waals surface area contributed by atoms with E-state index in [0.29, 0.717) is 0 Å². The van der Waals surface area contributed by atoms with Gasteiger partial charge >= 0.3 is 12.1 Å². The Hall–Kier alpha value is -1.23. The molecule has 88 valence electrons. The molecule has 0 saturated carbocycles. The van der Waals surface area contributed by atoms with Crippen LogP contribution in [0.3, 0.4) is 0 Å². The van der Waals surface area contributed by atoms with E-state index in [2.05, 4.69) is 4.74 Å². The van der Waals surface area contributed by atoms with Crippen molar-refractivity contribution in [2.45, 2.75) is 12.3 Å². The molecular formula is C10H8ClF3O2. The van der Waals surface area contributed by atoms with Crippen LogP contribution < -0.4 is 0 Å². The number of alkyl halides is 4. The number of carbonyl (C=O) groups excluding carboxylic acids is 1. The average molecular weight is 253 g/mol. The Kier molecular flexibility index (Phi) is 4.18. The third-order valence-electron chi connectivity index (χ3n) is 1.76. The molecule has 0 aliphatic rings. The normalized spacial score (nSPS) is 13.2. The van der Waals surface area contributed by atoms with E-state index in [9.17, 15) is 18.0 Å². The van der Waals surface area contributed by atoms with Gasteiger partial charge in [0, 0.05) is 5.56 Å². The fraction of sp³-hybridized carbons (Fsp3) is 0.300. The van der Waals surface area contributed by atoms with Crippen LogP contribution in [0.5, 0.6) is 0 Å². The van der Waals surface area contributed by atoms with E-state index in [-0.39, 0.29) is 5.56 Å². The van der Waals surface area contributed by atoms with Gasteiger partial charge in [0.25, 0.3) is 0 Å². The second-order valence-corrected chi connectivity index (χ2v) is 3.22. The van der Waals surface area contributed by atoms with Crippen molar-refractivity contribution in [1.29, 1.82) is 0 Å². The number of hydrogen-bond donors (Lipinski definition) is 0. The summed E-state index contributed by atoms with van der Waals surface area (Å²) in [7, 11) is 0. The molecule has 0 aromatic heterocycles. The molecule has 1 aromatic carbocycles. The third-order valence-corrected chi connectivity index (χ3v) is 1.98. The lowest BCUT2D eigenvalue weighted by Gasteiger charge is -2.20. The molecule has 0 saturated heterocycles. The Morgan fingerprint density at radius 2 is 1.88 bits per heavy atom. The number of benzene rings is 1. The summed E-state index contributed by atoms with van der Waals surface area (Å²) in [6, 6.07) is 6.91. The van der Waals surface area contributed by atoms with Gasteiger partial charge in [-0.1, -0.05) is 30.3 Å². The standard InChI is InChI=1S/C10H8ClF3O2/c11-6-8(15)16-9(10(12,13)14)7-4-2-1-3-5-7/h1-5,9H,6H2/t9-/m1/s1. The first kappa shape index (κ1) is 12.8. The summed E-state index contributed by atoms with van der Waals surface area (Å²) in [5.41, 5.74) is -0.131. The number of carbonyl (C=O) groups is 1. The molecule has 0 aliphatic heterocycles. The molecule has 0 N–H and O–H groups in total. The van der Waals surface area contributed by atoms with E-state index in [1.54, 1.807) is 6.07 Å². The third kappa shape index (κ3) is 3.41. The van der Waals surface area contributed by atoms with Gasteiger partial charge in [0.05, 0.1) is 0 Å². The highest BCUT2D eigenvalue weighted by atomic mass is 35.5. The van der Waals surface area contributed by atoms with Gasteiger partial charge in [-0.15, -0.1) is 11.6 Å². The first-order valence-corrected chi connectivity index (χ1v) is 4.85. The molecule has 2 nitrogen and oxygen atoms in total. The Bertz CT molecular complexity index is 351. The van der Waals surface area contributed by atoms with E-state index in [1.807, 2.05) is 0 Å². The first-order chi connectivity index (χ1) is 7.45. The molecule has 6 heteroatoms. The van der Waals surface area contributed by atoms with Gasteiger partial charge in [0.1, 0.15) is 5.88 Å². The maximum Gasteiger partial charge on any atom is 0.429 e. The summed E-state index contributed by atoms with van der Waals surface area (Å²) in [5.74, 6) is -1.72. The van der Waals surface area contributed by atoms with Gasteiger partial charge in [-0.05, 0) is 0 Å². The zero-order valence-corrected chi connectivity index (χ0v) is 8.76. The van der Waals surface area contributed by atoms with Crippen molar-refractivity contribution in [3.63, 3.8) is 0 Å². The van der Waals surface area contributed by atoms with Crippen LogP contribution in [0, 0.1) is 0 Å². The van der Waals surface area contributed by atoms with Crippen LogP contribution in [0.4, 0.5) is 13.2 Å². The van der Waals surface area contributed by atoms with Gasteiger partial charge < -0.3 is 4.74 Å². The Morgan fingerprint density at radius 3 is 2.31 bits per heavy atom. The van der Waals surface area contributed by atoms with Gasteiger partial charge in [-0.25, -0.2) is 0 Å². The molecule has 0 unspecified atom stereocenters. The van der Waals surface area contributed by atoms with Crippen LogP contribution in [0.1, 0.15) is 11.7 Å². The Labute approximate surface area is 95.0 Å². The predicted octanol–water partition coefficient (Wildman–Crippen LogP) is 3.07. The highest BCUT2D eigenvalue weighted by molar-refractivity contribution is 6.26. The van der Waals surface area contributed by atoms with Crippen molar-refractivity contribution >= 4 is 17.6 Å². The summed E-state index contributed by atoms with van der Waals surface area (Å²) in [5, 5.41) is 0. The SMILES string of the molecule is O=C(CCl)O[C@H](c1ccccc1)C(F)(F)F. The molecular weight excluding hydrogens is 245 g/mol. The minimum absolute atomic E-state index is 0.131. The fourth-order valence-corrected chi connectivity index (χ4v) is 1.18. The topological polar surface area (TPSA) is 26.3 Å². The summed E-state index contributed by atoms with van der Waals surface area (Å²) >= 11 is 5.09. The molecule has 1 atom stereocenters. The predicted molar refractivity (Wildman–Crippen MR) is 52.1 cm³/mol. The maximum absolute atomic E-state index is 12.6. The summed E-state index contributed by atoms with van der Waals surface area (Å²) in [6.45, 7) is 0. The number of halogens is 4. The number of rotatable bonds is 3. The lowest BCUT2D eigenvalue weighted by Crippen LogP contribution is -2.26. The molecule has 0 bridgehead atoms. The van der Waals surface area contributed by atoms with E-state index in [0.717, 1.165) is 0 Å². The van der Waals surface area contributed by atoms with Crippen molar-refractivity contribution in [3.05, 3.63) is 35.9 Å². The molecule has 0 heterocycles. The largest absolute Gasteiger partial charge is 0.447 e. The zero-order chi connectivity index (χ0) is 12.2. The number of esters is 1. The lowest BCUT2D eigenvalue weighted by molar-refractivity contribution is -0.222. The monoisotopic (exact) mass is 252 g/mol. The Balaban J connectivity index is 2.93. The number of ether oxygens (including phenoxy) is 1. The van der Waals surface area contributed by atoms with Gasteiger partial charge in [0.2, 0.25) is 6.10 Å². The molecule has 0 aliphatic carbocycles. The maximum atomic E-state index is 12.6. The van der Waals surface area contributed by atoms with Gasteiger partial charge in [0.15, 0.2) is 0 Å². The minimum Gasteiger partial charge on any atom is -0.447 e. The zero-order valence-electron chi connectivity index (χ0n) is 8.00. The molecule has 0 spiro atoms. The van der Waals surface area contributed by atoms with Crippen LogP contribution in [0.2, 0.25) is 0 Å². The lowest BCUT2D eigenvalue weighted by atomic mass is 10.1. The summed E-state index contributed by atoms with van der Waals surface area (Å²) < 4.78 is 42.0. The molecule has 16 heavy (non-hydrogen) atoms. The van der Waals surface area contributed by atoms with E-state index in [4.69, 9.17) is 11.6 Å². The van der Waals surface area contributed by atoms with Crippen LogP contribution in [0.25, 0.3) is 0 Å². The van der Waals surface area contributed by atoms with E-state index < -0.39 is 24.1 Å². The first-order valence-electron chi connectivity index (χ1n) is 4.32. The second kappa shape index (κ2) is 5.21. The quantitative estimate of drug-likeness (QED) is 0.610. The van der Waals surface area contributed by atoms with Crippen molar-refractivity contribution < 1.29 is 22.7 Å². The fourth-order valence-electron chi connectivity index (χ4n) is 1.11. The van der Waals surface area contributed by atoms with E-state index in [1.165, 1.54) is 24.3 Å². The molecule has 0 fully saturated rings. The molecule has 1 aromatic rings. The smallest absolute Gasteiger partial charge is 0.429 e. The van der Waals surface area contributed by atoms with E-state index >= 15 is 0 Å². The minimum atomic E-state index is -4.65. The van der Waals surface area contributed by atoms with Crippen molar-refractivity contribution in [1.82, 2.24) is 0 Å². The summed E-state index contributed by atoms with van der Waals surface area (Å²) in [6.07, 6.45) is -6.91. The van der Waals surface area contributed by atoms with Crippen LogP contribution in [-0.2, 0) is 9.53 Å². The van der Waals surface area contributed by atoms with Crippen LogP contribution >= 0.6 is 11.6 Å². The molecule has 1 rings (SSSR count). The molecule has 0 amide bonds. The highest BCUT2D eigenvalue weighted by Gasteiger charge is 2.43. The highest BCUT2D eigenvalue weighted by Crippen LogP contribution is 2.35. The Morgan fingerprint density at radius 1 is 1.31 bits per heavy atom.